The first-order valence-corrected chi connectivity index (χ1v) is 1.49. The Morgan fingerprint density at radius 3 is 2.43 bits per heavy atom. The van der Waals surface area contributed by atoms with E-state index in [1.165, 1.54) is 7.11 Å². The Bertz CT molecular complexity index is 25.7. The van der Waals surface area contributed by atoms with E-state index in [2.05, 4.69) is 21.1 Å². The fraction of sp³-hybridized carbons (Fsp3) is 1.00. The smallest absolute Gasteiger partial charge is 0.140 e. The maximum atomic E-state index is 4.57. The topological polar surface area (TPSA) is 56.5 Å². The van der Waals surface area contributed by atoms with Crippen LogP contribution in [0.2, 0.25) is 0 Å². The number of hydroxylamine groups is 1. The minimum Gasteiger partial charge on any atom is -0.303 e. The molecular formula is C2H9ClN2O2. The lowest BCUT2D eigenvalue weighted by molar-refractivity contribution is -0.00764. The maximum Gasteiger partial charge on any atom is 0.140 e. The molecule has 0 aliphatic heterocycles. The number of nitrogens with two attached hydrogens (primary N) is 1. The van der Waals surface area contributed by atoms with Crippen molar-refractivity contribution in [1.29, 1.82) is 0 Å². The SMILES string of the molecule is CONCON.Cl. The van der Waals surface area contributed by atoms with Crippen molar-refractivity contribution in [3.63, 3.8) is 0 Å². The first-order valence-electron chi connectivity index (χ1n) is 1.49. The second kappa shape index (κ2) is 9.46. The van der Waals surface area contributed by atoms with Gasteiger partial charge in [0.25, 0.3) is 0 Å². The van der Waals surface area contributed by atoms with Crippen LogP contribution in [0.5, 0.6) is 0 Å². The second-order valence-corrected chi connectivity index (χ2v) is 0.659. The highest BCUT2D eigenvalue weighted by Crippen LogP contribution is 1.50. The van der Waals surface area contributed by atoms with Gasteiger partial charge in [-0.2, -0.15) is 5.48 Å². The van der Waals surface area contributed by atoms with Gasteiger partial charge in [-0.25, -0.2) is 5.90 Å². The summed E-state index contributed by atoms with van der Waals surface area (Å²) in [6.45, 7) is 0.219. The van der Waals surface area contributed by atoms with Gasteiger partial charge in [-0.05, 0) is 0 Å². The third-order valence-corrected chi connectivity index (χ3v) is 0.287. The van der Waals surface area contributed by atoms with Crippen molar-refractivity contribution in [2.45, 2.75) is 0 Å². The highest BCUT2D eigenvalue weighted by atomic mass is 35.5. The van der Waals surface area contributed by atoms with Crippen LogP contribution in [-0.2, 0) is 9.68 Å². The molecule has 0 atom stereocenters. The van der Waals surface area contributed by atoms with Crippen molar-refractivity contribution in [2.75, 3.05) is 13.8 Å². The van der Waals surface area contributed by atoms with Gasteiger partial charge in [0, 0.05) is 0 Å². The molecule has 0 fully saturated rings. The summed E-state index contributed by atoms with van der Waals surface area (Å²) in [6.07, 6.45) is 0. The molecule has 0 bridgehead atoms. The largest absolute Gasteiger partial charge is 0.303 e. The molecule has 5 heteroatoms. The average Bonchev–Trinajstić information content (AvgIpc) is 1.61. The van der Waals surface area contributed by atoms with Gasteiger partial charge in [0.1, 0.15) is 6.73 Å². The summed E-state index contributed by atoms with van der Waals surface area (Å²) in [5.41, 5.74) is 2.35. The molecule has 3 N–H and O–H groups in total. The van der Waals surface area contributed by atoms with Crippen LogP contribution in [0.4, 0.5) is 0 Å². The van der Waals surface area contributed by atoms with E-state index in [0.29, 0.717) is 0 Å². The standard InChI is InChI=1S/C2H8N2O2.ClH/c1-5-4-2-6-3;/h4H,2-3H2,1H3;1H. The van der Waals surface area contributed by atoms with Crippen LogP contribution in [0.3, 0.4) is 0 Å². The van der Waals surface area contributed by atoms with Gasteiger partial charge >= 0.3 is 0 Å². The molecule has 0 unspecified atom stereocenters. The molecule has 7 heavy (non-hydrogen) atoms. The quantitative estimate of drug-likeness (QED) is 0.303. The van der Waals surface area contributed by atoms with E-state index in [4.69, 9.17) is 0 Å². The monoisotopic (exact) mass is 128 g/mol. The van der Waals surface area contributed by atoms with Crippen LogP contribution < -0.4 is 11.4 Å². The van der Waals surface area contributed by atoms with E-state index in [9.17, 15) is 0 Å². The molecule has 0 rings (SSSR count). The van der Waals surface area contributed by atoms with Crippen LogP contribution in [0.1, 0.15) is 0 Å². The number of rotatable bonds is 3. The molecule has 0 aliphatic carbocycles. The van der Waals surface area contributed by atoms with Gasteiger partial charge in [0.2, 0.25) is 0 Å². The van der Waals surface area contributed by atoms with Crippen LogP contribution >= 0.6 is 12.4 Å². The van der Waals surface area contributed by atoms with Gasteiger partial charge in [-0.3, -0.25) is 4.84 Å². The Labute approximate surface area is 48.3 Å². The Hall–Kier alpha value is 0.130. The van der Waals surface area contributed by atoms with Gasteiger partial charge in [0.05, 0.1) is 7.11 Å². The Kier molecular flexibility index (Phi) is 13.8. The fourth-order valence-corrected chi connectivity index (χ4v) is 0.0929. The zero-order chi connectivity index (χ0) is 4.83. The third-order valence-electron chi connectivity index (χ3n) is 0.287. The minimum absolute atomic E-state index is 0. The van der Waals surface area contributed by atoms with Crippen LogP contribution in [0.15, 0.2) is 0 Å². The van der Waals surface area contributed by atoms with E-state index in [1.54, 1.807) is 0 Å². The zero-order valence-corrected chi connectivity index (χ0v) is 4.83. The van der Waals surface area contributed by atoms with Crippen molar-refractivity contribution in [2.24, 2.45) is 5.90 Å². The summed E-state index contributed by atoms with van der Waals surface area (Å²) in [7, 11) is 1.49. The van der Waals surface area contributed by atoms with E-state index in [-0.39, 0.29) is 19.1 Å². The number of hydrogen-bond donors (Lipinski definition) is 2. The summed E-state index contributed by atoms with van der Waals surface area (Å²) < 4.78 is 0. The molecular weight excluding hydrogens is 119 g/mol. The fourth-order valence-electron chi connectivity index (χ4n) is 0.0929. The lowest BCUT2D eigenvalue weighted by Crippen LogP contribution is -2.18. The maximum absolute atomic E-state index is 4.57. The van der Waals surface area contributed by atoms with E-state index >= 15 is 0 Å². The first-order chi connectivity index (χ1) is 2.91. The molecule has 0 saturated carbocycles. The lowest BCUT2D eigenvalue weighted by atomic mass is 11.3. The minimum atomic E-state index is 0. The summed E-state index contributed by atoms with van der Waals surface area (Å²) in [5, 5.41) is 0. The zero-order valence-electron chi connectivity index (χ0n) is 4.01. The summed E-state index contributed by atoms with van der Waals surface area (Å²) in [4.78, 5) is 8.37. The normalized spacial score (nSPS) is 7.71. The van der Waals surface area contributed by atoms with Crippen molar-refractivity contribution < 1.29 is 9.68 Å². The average molecular weight is 129 g/mol. The van der Waals surface area contributed by atoms with E-state index in [0.717, 1.165) is 0 Å². The van der Waals surface area contributed by atoms with Crippen molar-refractivity contribution in [3.05, 3.63) is 0 Å². The molecule has 0 aromatic rings. The van der Waals surface area contributed by atoms with E-state index in [1.807, 2.05) is 0 Å². The molecule has 46 valence electrons. The number of halogens is 1. The highest BCUT2D eigenvalue weighted by Gasteiger charge is 1.70. The van der Waals surface area contributed by atoms with Crippen LogP contribution in [-0.4, -0.2) is 13.8 Å². The Morgan fingerprint density at radius 1 is 1.71 bits per heavy atom. The van der Waals surface area contributed by atoms with Crippen LogP contribution in [0, 0.1) is 0 Å². The van der Waals surface area contributed by atoms with Crippen molar-refractivity contribution >= 4 is 12.4 Å². The van der Waals surface area contributed by atoms with Gasteiger partial charge < -0.3 is 4.84 Å². The molecule has 0 aromatic carbocycles. The molecule has 0 spiro atoms. The highest BCUT2D eigenvalue weighted by molar-refractivity contribution is 5.85. The Morgan fingerprint density at radius 2 is 2.29 bits per heavy atom. The number of hydrogen-bond acceptors (Lipinski definition) is 4. The molecule has 0 aliphatic rings. The van der Waals surface area contributed by atoms with Gasteiger partial charge in [0.15, 0.2) is 0 Å². The van der Waals surface area contributed by atoms with Crippen LogP contribution in [0.25, 0.3) is 0 Å². The Balaban J connectivity index is 0. The molecule has 0 amide bonds. The van der Waals surface area contributed by atoms with Gasteiger partial charge in [-0.1, -0.05) is 0 Å². The second-order valence-electron chi connectivity index (χ2n) is 0.659. The van der Waals surface area contributed by atoms with E-state index < -0.39 is 0 Å². The van der Waals surface area contributed by atoms with Crippen molar-refractivity contribution in [3.8, 4) is 0 Å². The summed E-state index contributed by atoms with van der Waals surface area (Å²) >= 11 is 0. The third kappa shape index (κ3) is 10.7. The molecule has 0 saturated heterocycles. The number of nitrogens with one attached hydrogen (secondary N) is 1. The summed E-state index contributed by atoms with van der Waals surface area (Å²) in [6, 6.07) is 0. The van der Waals surface area contributed by atoms with Crippen molar-refractivity contribution in [1.82, 2.24) is 5.48 Å². The molecule has 0 aromatic heterocycles. The molecule has 0 radical (unpaired) electrons. The van der Waals surface area contributed by atoms with Gasteiger partial charge in [-0.15, -0.1) is 12.4 Å². The molecule has 0 heterocycles. The predicted molar refractivity (Wildman–Crippen MR) is 27.5 cm³/mol. The first kappa shape index (κ1) is 10.2. The molecule has 4 nitrogen and oxygen atoms in total. The lowest BCUT2D eigenvalue weighted by Gasteiger charge is -1.94. The predicted octanol–water partition coefficient (Wildman–Crippen LogP) is -0.593. The summed E-state index contributed by atoms with van der Waals surface area (Å²) in [5.74, 6) is 4.57.